The van der Waals surface area contributed by atoms with Crippen LogP contribution in [0.25, 0.3) is 33.1 Å². The van der Waals surface area contributed by atoms with Crippen molar-refractivity contribution in [3.63, 3.8) is 0 Å². The van der Waals surface area contributed by atoms with Crippen molar-refractivity contribution in [2.75, 3.05) is 0 Å². The van der Waals surface area contributed by atoms with Crippen LogP contribution in [0.15, 0.2) is 36.2 Å². The summed E-state index contributed by atoms with van der Waals surface area (Å²) in [7, 11) is 1.30. The quantitative estimate of drug-likeness (QED) is 0.175. The van der Waals surface area contributed by atoms with Crippen molar-refractivity contribution in [2.24, 2.45) is 7.05 Å². The SMILES string of the molecule is Cn1cc(C(F)(F)F)nc1-c1ncc(COc2nc(-c3c(OC(O)(O)O)ncnc3C3CC3)nc3ccsc23)cc1F. The highest BCUT2D eigenvalue weighted by atomic mass is 32.1. The van der Waals surface area contributed by atoms with Crippen molar-refractivity contribution in [1.29, 1.82) is 0 Å². The van der Waals surface area contributed by atoms with Gasteiger partial charge in [0.25, 0.3) is 0 Å². The summed E-state index contributed by atoms with van der Waals surface area (Å²) in [5, 5.41) is 30.0. The maximum absolute atomic E-state index is 15.0. The Labute approximate surface area is 236 Å². The molecule has 17 heteroatoms. The van der Waals surface area contributed by atoms with Crippen molar-refractivity contribution in [3.05, 3.63) is 59.0 Å². The molecule has 5 heterocycles. The van der Waals surface area contributed by atoms with Crippen LogP contribution in [0.3, 0.4) is 0 Å². The van der Waals surface area contributed by atoms with E-state index in [0.717, 1.165) is 36.0 Å². The number of aryl methyl sites for hydroxylation is 1. The number of hydrogen-bond acceptors (Lipinski definition) is 12. The first-order valence-electron chi connectivity index (χ1n) is 12.2. The number of hydrogen-bond donors (Lipinski definition) is 3. The van der Waals surface area contributed by atoms with Crippen molar-refractivity contribution >= 4 is 21.6 Å². The second-order valence-corrected chi connectivity index (χ2v) is 10.3. The molecule has 0 aromatic carbocycles. The molecule has 0 bridgehead atoms. The first kappa shape index (κ1) is 27.8. The number of aromatic nitrogens is 7. The van der Waals surface area contributed by atoms with E-state index >= 15 is 0 Å². The zero-order valence-electron chi connectivity index (χ0n) is 21.4. The summed E-state index contributed by atoms with van der Waals surface area (Å²) in [6, 6.07) is 2.77. The molecule has 5 aromatic heterocycles. The number of aliphatic hydroxyl groups is 3. The van der Waals surface area contributed by atoms with Gasteiger partial charge in [0.15, 0.2) is 23.2 Å². The lowest BCUT2D eigenvalue weighted by Crippen LogP contribution is -2.35. The molecule has 3 N–H and O–H groups in total. The lowest BCUT2D eigenvalue weighted by molar-refractivity contribution is -0.420. The number of alkyl halides is 3. The van der Waals surface area contributed by atoms with E-state index in [1.54, 1.807) is 11.4 Å². The molecule has 1 fully saturated rings. The Morgan fingerprint density at radius 1 is 1.07 bits per heavy atom. The van der Waals surface area contributed by atoms with Gasteiger partial charge in [-0.05, 0) is 30.4 Å². The van der Waals surface area contributed by atoms with E-state index in [-0.39, 0.29) is 52.8 Å². The fraction of sp³-hybridized carbons (Fsp3) is 0.280. The van der Waals surface area contributed by atoms with E-state index in [0.29, 0.717) is 15.9 Å². The summed E-state index contributed by atoms with van der Waals surface area (Å²) in [6.45, 7) is -0.223. The minimum Gasteiger partial charge on any atom is -0.472 e. The summed E-state index contributed by atoms with van der Waals surface area (Å²) in [6.07, 6.45) is -3.46. The molecule has 0 unspecified atom stereocenters. The second-order valence-electron chi connectivity index (χ2n) is 9.40. The maximum atomic E-state index is 15.0. The predicted molar refractivity (Wildman–Crippen MR) is 136 cm³/mol. The van der Waals surface area contributed by atoms with Crippen LogP contribution in [0.1, 0.15) is 35.7 Å². The molecule has 0 atom stereocenters. The topological polar surface area (TPSA) is 161 Å². The van der Waals surface area contributed by atoms with E-state index in [2.05, 4.69) is 29.9 Å². The highest BCUT2D eigenvalue weighted by Gasteiger charge is 2.36. The van der Waals surface area contributed by atoms with Gasteiger partial charge in [0.2, 0.25) is 11.8 Å². The Hall–Kier alpha value is -4.32. The highest BCUT2D eigenvalue weighted by Crippen LogP contribution is 2.46. The van der Waals surface area contributed by atoms with Gasteiger partial charge in [-0.1, -0.05) is 0 Å². The molecule has 0 amide bonds. The van der Waals surface area contributed by atoms with Crippen LogP contribution in [-0.4, -0.2) is 55.9 Å². The molecule has 5 aromatic rings. The fourth-order valence-electron chi connectivity index (χ4n) is 4.21. The Balaban J connectivity index is 1.32. The first-order chi connectivity index (χ1) is 19.9. The third-order valence-electron chi connectivity index (χ3n) is 6.19. The molecule has 0 saturated heterocycles. The van der Waals surface area contributed by atoms with Crippen LogP contribution in [0.5, 0.6) is 11.8 Å². The van der Waals surface area contributed by atoms with Gasteiger partial charge >= 0.3 is 12.3 Å². The van der Waals surface area contributed by atoms with Gasteiger partial charge in [-0.2, -0.15) is 18.2 Å². The van der Waals surface area contributed by atoms with Crippen molar-refractivity contribution in [3.8, 4) is 34.7 Å². The molecule has 6 rings (SSSR count). The van der Waals surface area contributed by atoms with Crippen LogP contribution in [-0.2, 0) is 19.8 Å². The van der Waals surface area contributed by atoms with Gasteiger partial charge in [-0.15, -0.1) is 11.3 Å². The first-order valence-corrected chi connectivity index (χ1v) is 13.1. The number of ether oxygens (including phenoxy) is 2. The molecule has 0 spiro atoms. The molecule has 42 heavy (non-hydrogen) atoms. The summed E-state index contributed by atoms with van der Waals surface area (Å²) in [5.74, 6) is -1.44. The number of thiophene rings is 1. The Morgan fingerprint density at radius 3 is 2.52 bits per heavy atom. The largest absolute Gasteiger partial charge is 0.472 e. The van der Waals surface area contributed by atoms with E-state index in [4.69, 9.17) is 9.47 Å². The highest BCUT2D eigenvalue weighted by molar-refractivity contribution is 7.17. The second kappa shape index (κ2) is 10.2. The third kappa shape index (κ3) is 5.58. The monoisotopic (exact) mass is 605 g/mol. The smallest absolute Gasteiger partial charge is 0.454 e. The molecular formula is C25H19F4N7O5S. The number of rotatable bonds is 8. The van der Waals surface area contributed by atoms with Crippen molar-refractivity contribution in [2.45, 2.75) is 37.7 Å². The van der Waals surface area contributed by atoms with E-state index in [1.807, 2.05) is 0 Å². The van der Waals surface area contributed by atoms with Crippen LogP contribution < -0.4 is 9.47 Å². The number of fused-ring (bicyclic) bond motifs is 1. The summed E-state index contributed by atoms with van der Waals surface area (Å²) in [5.41, 5.74) is -0.200. The van der Waals surface area contributed by atoms with Crippen LogP contribution in [0.2, 0.25) is 0 Å². The zero-order chi connectivity index (χ0) is 29.8. The molecule has 218 valence electrons. The average molecular weight is 606 g/mol. The molecule has 12 nitrogen and oxygen atoms in total. The van der Waals surface area contributed by atoms with Gasteiger partial charge in [0.05, 0.1) is 11.2 Å². The minimum atomic E-state index is -4.70. The lowest BCUT2D eigenvalue weighted by atomic mass is 10.1. The van der Waals surface area contributed by atoms with Crippen LogP contribution in [0, 0.1) is 5.82 Å². The minimum absolute atomic E-state index is 0.0143. The summed E-state index contributed by atoms with van der Waals surface area (Å²) in [4.78, 5) is 24.7. The Bertz CT molecular complexity index is 1800. The number of nitrogens with zero attached hydrogens (tertiary/aromatic N) is 7. The maximum Gasteiger partial charge on any atom is 0.454 e. The van der Waals surface area contributed by atoms with Gasteiger partial charge in [0.1, 0.15) is 28.9 Å². The molecule has 1 saturated carbocycles. The fourth-order valence-corrected chi connectivity index (χ4v) is 4.98. The van der Waals surface area contributed by atoms with Gasteiger partial charge < -0.3 is 29.4 Å². The Kier molecular flexibility index (Phi) is 6.76. The average Bonchev–Trinajstić information content (AvgIpc) is 3.51. The normalized spacial score (nSPS) is 14.0. The lowest BCUT2D eigenvalue weighted by Gasteiger charge is -2.18. The van der Waals surface area contributed by atoms with E-state index in [9.17, 15) is 32.9 Å². The van der Waals surface area contributed by atoms with Crippen LogP contribution >= 0.6 is 11.3 Å². The van der Waals surface area contributed by atoms with Gasteiger partial charge in [-0.25, -0.2) is 29.3 Å². The van der Waals surface area contributed by atoms with Gasteiger partial charge in [0, 0.05) is 30.9 Å². The molecule has 1 aliphatic rings. The molecule has 0 aliphatic heterocycles. The van der Waals surface area contributed by atoms with Crippen molar-refractivity contribution < 1.29 is 42.4 Å². The van der Waals surface area contributed by atoms with E-state index < -0.39 is 23.8 Å². The summed E-state index contributed by atoms with van der Waals surface area (Å²) >= 11 is 1.27. The molecule has 1 aliphatic carbocycles. The molecule has 0 radical (unpaired) electrons. The Morgan fingerprint density at radius 2 is 1.86 bits per heavy atom. The van der Waals surface area contributed by atoms with Crippen molar-refractivity contribution in [1.82, 2.24) is 34.5 Å². The number of imidazole rings is 1. The molecular weight excluding hydrogens is 586 g/mol. The third-order valence-corrected chi connectivity index (χ3v) is 7.08. The summed E-state index contributed by atoms with van der Waals surface area (Å²) < 4.78 is 66.4. The van der Waals surface area contributed by atoms with E-state index in [1.165, 1.54) is 24.6 Å². The van der Waals surface area contributed by atoms with Gasteiger partial charge in [-0.3, -0.25) is 0 Å². The predicted octanol–water partition coefficient (Wildman–Crippen LogP) is 3.53. The van der Waals surface area contributed by atoms with Crippen LogP contribution in [0.4, 0.5) is 17.6 Å². The number of pyridine rings is 1. The number of halogens is 4. The zero-order valence-corrected chi connectivity index (χ0v) is 22.2. The standard InChI is InChI=1S/C25H19F4N7O5S/c1-36-8-15(24(27,28)29)34-21(36)18-13(26)6-11(7-30-18)9-40-23-19-14(4-5-42-19)33-20(35-23)16-17(12-2-3-12)31-10-32-22(16)41-25(37,38)39/h4-8,10,12,37-39H,2-3,9H2,1H3.